The molecule has 1 atom stereocenters. The molecule has 0 spiro atoms. The molecule has 1 unspecified atom stereocenters. The number of rotatable bonds is 3. The van der Waals surface area contributed by atoms with Gasteiger partial charge in [-0.2, -0.15) is 0 Å². The average Bonchev–Trinajstić information content (AvgIpc) is 3.06. The molecule has 2 N–H and O–H groups in total. The van der Waals surface area contributed by atoms with Gasteiger partial charge in [0.1, 0.15) is 6.04 Å². The predicted octanol–water partition coefficient (Wildman–Crippen LogP) is 2.19. The molecule has 1 aliphatic carbocycles. The van der Waals surface area contributed by atoms with Gasteiger partial charge in [-0.1, -0.05) is 12.2 Å². The van der Waals surface area contributed by atoms with Crippen LogP contribution in [0.15, 0.2) is 17.5 Å². The van der Waals surface area contributed by atoms with Gasteiger partial charge in [0.15, 0.2) is 0 Å². The number of carbonyl (C=O) groups is 1. The van der Waals surface area contributed by atoms with E-state index in [1.807, 2.05) is 23.5 Å². The third-order valence-corrected chi connectivity index (χ3v) is 4.81. The van der Waals surface area contributed by atoms with Crippen LogP contribution in [0.2, 0.25) is 0 Å². The summed E-state index contributed by atoms with van der Waals surface area (Å²) < 4.78 is 0. The fraction of sp³-hybridized carbons (Fsp3) is 0.500. The molecule has 0 bridgehead atoms. The van der Waals surface area contributed by atoms with Gasteiger partial charge in [-0.15, -0.1) is 23.7 Å². The Morgan fingerprint density at radius 1 is 1.42 bits per heavy atom. The highest BCUT2D eigenvalue weighted by Gasteiger charge is 2.19. The van der Waals surface area contributed by atoms with Crippen LogP contribution >= 0.6 is 23.7 Å². The maximum atomic E-state index is 11.9. The van der Waals surface area contributed by atoms with Gasteiger partial charge in [-0.05, 0) is 42.2 Å². The zero-order chi connectivity index (χ0) is 12.4. The maximum Gasteiger partial charge on any atom is 0.241 e. The van der Waals surface area contributed by atoms with Crippen molar-refractivity contribution in [2.45, 2.75) is 38.3 Å². The van der Waals surface area contributed by atoms with Gasteiger partial charge in [-0.3, -0.25) is 10.1 Å². The summed E-state index contributed by atoms with van der Waals surface area (Å²) in [6.45, 7) is 1.47. The molecule has 1 aromatic rings. The summed E-state index contributed by atoms with van der Waals surface area (Å²) in [5.41, 5.74) is 2.83. The van der Waals surface area contributed by atoms with E-state index in [-0.39, 0.29) is 24.4 Å². The van der Waals surface area contributed by atoms with E-state index in [9.17, 15) is 4.79 Å². The second-order valence-corrected chi connectivity index (χ2v) is 5.87. The first-order chi connectivity index (χ1) is 8.84. The van der Waals surface area contributed by atoms with Crippen LogP contribution in [0.3, 0.4) is 0 Å². The van der Waals surface area contributed by atoms with Crippen LogP contribution in [0.25, 0.3) is 0 Å². The van der Waals surface area contributed by atoms with E-state index >= 15 is 0 Å². The van der Waals surface area contributed by atoms with E-state index in [2.05, 4.69) is 16.0 Å². The van der Waals surface area contributed by atoms with Gasteiger partial charge in [0.25, 0.3) is 0 Å². The topological polar surface area (TPSA) is 41.1 Å². The van der Waals surface area contributed by atoms with Crippen molar-refractivity contribution in [2.24, 2.45) is 0 Å². The molecule has 0 saturated heterocycles. The van der Waals surface area contributed by atoms with Gasteiger partial charge >= 0.3 is 0 Å². The number of amides is 1. The van der Waals surface area contributed by atoms with Crippen molar-refractivity contribution in [3.63, 3.8) is 0 Å². The smallest absolute Gasteiger partial charge is 0.241 e. The first kappa shape index (κ1) is 14.6. The van der Waals surface area contributed by atoms with E-state index in [0.29, 0.717) is 6.54 Å². The summed E-state index contributed by atoms with van der Waals surface area (Å²) in [6, 6.07) is -0.139. The molecule has 3 nitrogen and oxygen atoms in total. The van der Waals surface area contributed by atoms with E-state index in [1.54, 1.807) is 0 Å². The number of nitrogens with one attached hydrogen (secondary N) is 2. The summed E-state index contributed by atoms with van der Waals surface area (Å²) in [5, 5.41) is 8.38. The molecule has 0 radical (unpaired) electrons. The zero-order valence-corrected chi connectivity index (χ0v) is 12.4. The molecule has 0 saturated carbocycles. The van der Waals surface area contributed by atoms with Crippen molar-refractivity contribution in [1.29, 1.82) is 0 Å². The molecule has 19 heavy (non-hydrogen) atoms. The van der Waals surface area contributed by atoms with Crippen molar-refractivity contribution < 1.29 is 4.79 Å². The van der Waals surface area contributed by atoms with Gasteiger partial charge in [0, 0.05) is 18.0 Å². The quantitative estimate of drug-likeness (QED) is 0.840. The van der Waals surface area contributed by atoms with Crippen molar-refractivity contribution in [2.75, 3.05) is 6.54 Å². The SMILES string of the molecule is Cl.O=C(NCc1csc2c1CCCC2)C1C=CCN1. The van der Waals surface area contributed by atoms with Crippen LogP contribution in [-0.2, 0) is 24.2 Å². The largest absolute Gasteiger partial charge is 0.350 e. The number of halogens is 1. The minimum absolute atomic E-state index is 0. The first-order valence-corrected chi connectivity index (χ1v) is 7.48. The summed E-state index contributed by atoms with van der Waals surface area (Å²) in [4.78, 5) is 13.4. The van der Waals surface area contributed by atoms with Gasteiger partial charge in [0.2, 0.25) is 5.91 Å². The van der Waals surface area contributed by atoms with Crippen LogP contribution in [-0.4, -0.2) is 18.5 Å². The van der Waals surface area contributed by atoms with Gasteiger partial charge in [0.05, 0.1) is 0 Å². The lowest BCUT2D eigenvalue weighted by atomic mass is 9.96. The number of carbonyl (C=O) groups excluding carboxylic acids is 1. The Morgan fingerprint density at radius 3 is 3.05 bits per heavy atom. The Hall–Kier alpha value is -0.840. The highest BCUT2D eigenvalue weighted by Crippen LogP contribution is 2.30. The maximum absolute atomic E-state index is 11.9. The van der Waals surface area contributed by atoms with Crippen LogP contribution in [0, 0.1) is 0 Å². The second kappa shape index (κ2) is 6.55. The fourth-order valence-electron chi connectivity index (χ4n) is 2.65. The Bertz CT molecular complexity index is 484. The van der Waals surface area contributed by atoms with E-state index in [1.165, 1.54) is 41.7 Å². The molecule has 1 aromatic heterocycles. The Morgan fingerprint density at radius 2 is 2.26 bits per heavy atom. The third kappa shape index (κ3) is 3.19. The fourth-order valence-corrected chi connectivity index (χ4v) is 3.80. The normalized spacial score (nSPS) is 20.7. The Balaban J connectivity index is 0.00000133. The second-order valence-electron chi connectivity index (χ2n) is 4.90. The minimum atomic E-state index is -0.139. The molecule has 5 heteroatoms. The summed E-state index contributed by atoms with van der Waals surface area (Å²) in [7, 11) is 0. The zero-order valence-electron chi connectivity index (χ0n) is 10.8. The van der Waals surface area contributed by atoms with Crippen molar-refractivity contribution >= 4 is 29.7 Å². The standard InChI is InChI=1S/C14H18N2OS.ClH/c17-14(12-5-3-7-15-12)16-8-10-9-18-13-6-2-1-4-11(10)13;/h3,5,9,12,15H,1-2,4,6-8H2,(H,16,17);1H. The molecule has 3 rings (SSSR count). The molecule has 1 aliphatic heterocycles. The summed E-state index contributed by atoms with van der Waals surface area (Å²) in [6.07, 6.45) is 8.94. The first-order valence-electron chi connectivity index (χ1n) is 6.60. The Labute approximate surface area is 123 Å². The highest BCUT2D eigenvalue weighted by atomic mass is 35.5. The van der Waals surface area contributed by atoms with Crippen LogP contribution in [0.5, 0.6) is 0 Å². The molecule has 0 fully saturated rings. The van der Waals surface area contributed by atoms with Crippen molar-refractivity contribution in [1.82, 2.24) is 10.6 Å². The monoisotopic (exact) mass is 298 g/mol. The van der Waals surface area contributed by atoms with Crippen molar-refractivity contribution in [3.8, 4) is 0 Å². The van der Waals surface area contributed by atoms with E-state index < -0.39 is 0 Å². The summed E-state index contributed by atoms with van der Waals surface area (Å²) >= 11 is 1.86. The van der Waals surface area contributed by atoms with Crippen LogP contribution in [0.1, 0.15) is 28.8 Å². The average molecular weight is 299 g/mol. The molecule has 2 heterocycles. The lowest BCUT2D eigenvalue weighted by Gasteiger charge is -2.14. The highest BCUT2D eigenvalue weighted by molar-refractivity contribution is 7.10. The number of fused-ring (bicyclic) bond motifs is 1. The summed E-state index contributed by atoms with van der Waals surface area (Å²) in [5.74, 6) is 0.0829. The third-order valence-electron chi connectivity index (χ3n) is 3.67. The van der Waals surface area contributed by atoms with E-state index in [4.69, 9.17) is 0 Å². The lowest BCUT2D eigenvalue weighted by Crippen LogP contribution is -2.40. The molecular weight excluding hydrogens is 280 g/mol. The minimum Gasteiger partial charge on any atom is -0.350 e. The Kier molecular flexibility index (Phi) is 5.02. The molecule has 104 valence electrons. The number of hydrogen-bond acceptors (Lipinski definition) is 3. The predicted molar refractivity (Wildman–Crippen MR) is 81.0 cm³/mol. The number of hydrogen-bond donors (Lipinski definition) is 2. The van der Waals surface area contributed by atoms with Crippen LogP contribution < -0.4 is 10.6 Å². The number of aryl methyl sites for hydroxylation is 1. The number of thiophene rings is 1. The van der Waals surface area contributed by atoms with Gasteiger partial charge in [-0.25, -0.2) is 0 Å². The molecule has 0 aromatic carbocycles. The molecule has 1 amide bonds. The molecular formula is C14H19ClN2OS. The van der Waals surface area contributed by atoms with Crippen LogP contribution in [0.4, 0.5) is 0 Å². The molecule has 2 aliphatic rings. The van der Waals surface area contributed by atoms with Gasteiger partial charge < -0.3 is 5.32 Å². The lowest BCUT2D eigenvalue weighted by molar-refractivity contribution is -0.122. The van der Waals surface area contributed by atoms with E-state index in [0.717, 1.165) is 6.54 Å². The van der Waals surface area contributed by atoms with Crippen molar-refractivity contribution in [3.05, 3.63) is 33.5 Å².